The molecule has 0 bridgehead atoms. The van der Waals surface area contributed by atoms with E-state index in [1.54, 1.807) is 0 Å². The van der Waals surface area contributed by atoms with Crippen LogP contribution in [0, 0.1) is 0 Å². The molecule has 13 heteroatoms. The molecule has 0 saturated heterocycles. The average molecular weight is 334 g/mol. The van der Waals surface area contributed by atoms with Crippen molar-refractivity contribution in [2.45, 2.75) is 9.79 Å². The summed E-state index contributed by atoms with van der Waals surface area (Å²) >= 11 is 0. The molecule has 10 nitrogen and oxygen atoms in total. The van der Waals surface area contributed by atoms with E-state index in [1.165, 1.54) is 0 Å². The third kappa shape index (κ3) is 4.27. The molecule has 0 aliphatic heterocycles. The Hall–Kier alpha value is -1.42. The maximum absolute atomic E-state index is 11.1. The third-order valence-corrected chi connectivity index (χ3v) is 4.03. The van der Waals surface area contributed by atoms with Gasteiger partial charge in [-0.3, -0.25) is 9.11 Å². The van der Waals surface area contributed by atoms with Crippen molar-refractivity contribution in [1.29, 1.82) is 0 Å². The standard InChI is InChI=1S/C8H6O10S2.Li.H/c9-7(10)3-1-4(8(11)12)6(20(16,17)18)5(2-3)19(13,14)15;;/h1-2H,(H,9,10)(H,11,12)(H,13,14,15)(H,16,17,18);;. The molecule has 1 aromatic rings. The minimum absolute atomic E-state index is 0. The summed E-state index contributed by atoms with van der Waals surface area (Å²) < 4.78 is 62.0. The zero-order valence-corrected chi connectivity index (χ0v) is 10.8. The van der Waals surface area contributed by atoms with E-state index >= 15 is 0 Å². The molecule has 0 amide bonds. The van der Waals surface area contributed by atoms with E-state index in [0.29, 0.717) is 6.07 Å². The Bertz CT molecular complexity index is 808. The van der Waals surface area contributed by atoms with Crippen molar-refractivity contribution in [2.24, 2.45) is 0 Å². The molecule has 0 atom stereocenters. The Balaban J connectivity index is 0.00000400. The van der Waals surface area contributed by atoms with Crippen LogP contribution in [0.4, 0.5) is 0 Å². The molecule has 0 aliphatic rings. The van der Waals surface area contributed by atoms with Crippen molar-refractivity contribution in [3.8, 4) is 0 Å². The molecular formula is C8H7LiO10S2. The van der Waals surface area contributed by atoms with Crippen LogP contribution in [0.15, 0.2) is 21.9 Å². The first-order valence-electron chi connectivity index (χ1n) is 4.45. The van der Waals surface area contributed by atoms with Crippen LogP contribution < -0.4 is 0 Å². The van der Waals surface area contributed by atoms with Crippen LogP contribution in [-0.2, 0) is 20.2 Å². The minimum atomic E-state index is -5.35. The average Bonchev–Trinajstić information content (AvgIpc) is 2.24. The van der Waals surface area contributed by atoms with Gasteiger partial charge >= 0.3 is 30.8 Å². The quantitative estimate of drug-likeness (QED) is 0.390. The molecule has 0 aromatic heterocycles. The number of aromatic carboxylic acids is 2. The van der Waals surface area contributed by atoms with E-state index in [0.717, 1.165) is 0 Å². The molecule has 0 radical (unpaired) electrons. The molecular weight excluding hydrogens is 327 g/mol. The number of benzene rings is 1. The molecule has 0 aliphatic carbocycles. The first kappa shape index (κ1) is 19.6. The van der Waals surface area contributed by atoms with Crippen molar-refractivity contribution in [3.05, 3.63) is 23.3 Å². The molecule has 0 heterocycles. The topological polar surface area (TPSA) is 183 Å². The van der Waals surface area contributed by atoms with Gasteiger partial charge in [-0.25, -0.2) is 9.59 Å². The van der Waals surface area contributed by atoms with Gasteiger partial charge in [-0.15, -0.1) is 0 Å². The van der Waals surface area contributed by atoms with Crippen LogP contribution in [0.1, 0.15) is 20.7 Å². The first-order valence-corrected chi connectivity index (χ1v) is 7.33. The molecule has 21 heavy (non-hydrogen) atoms. The van der Waals surface area contributed by atoms with Crippen molar-refractivity contribution >= 4 is 51.0 Å². The zero-order chi connectivity index (χ0) is 15.9. The van der Waals surface area contributed by atoms with Crippen LogP contribution in [0.25, 0.3) is 0 Å². The van der Waals surface area contributed by atoms with Gasteiger partial charge in [-0.1, -0.05) is 0 Å². The number of carboxylic acid groups (broad SMARTS) is 2. The molecule has 1 aromatic carbocycles. The van der Waals surface area contributed by atoms with E-state index < -0.39 is 53.1 Å². The molecule has 112 valence electrons. The summed E-state index contributed by atoms with van der Waals surface area (Å²) in [5.74, 6) is -3.77. The normalized spacial score (nSPS) is 11.5. The van der Waals surface area contributed by atoms with Crippen molar-refractivity contribution in [2.75, 3.05) is 0 Å². The monoisotopic (exact) mass is 334 g/mol. The second-order valence-corrected chi connectivity index (χ2v) is 6.16. The summed E-state index contributed by atoms with van der Waals surface area (Å²) in [6.45, 7) is 0. The SMILES string of the molecule is O=C(O)c1cc(C(=O)O)c(S(=O)(=O)O)c(S(=O)(=O)O)c1.[LiH]. The van der Waals surface area contributed by atoms with E-state index in [-0.39, 0.29) is 24.9 Å². The summed E-state index contributed by atoms with van der Waals surface area (Å²) in [6, 6.07) is 0.551. The summed E-state index contributed by atoms with van der Waals surface area (Å²) in [5.41, 5.74) is -2.21. The Labute approximate surface area is 130 Å². The van der Waals surface area contributed by atoms with Crippen LogP contribution in [0.5, 0.6) is 0 Å². The molecule has 4 N–H and O–H groups in total. The number of rotatable bonds is 4. The second kappa shape index (κ2) is 6.14. The molecule has 0 unspecified atom stereocenters. The number of carbonyl (C=O) groups is 2. The number of hydrogen-bond acceptors (Lipinski definition) is 6. The van der Waals surface area contributed by atoms with Crippen molar-refractivity contribution < 1.29 is 45.7 Å². The van der Waals surface area contributed by atoms with Crippen LogP contribution in [0.3, 0.4) is 0 Å². The van der Waals surface area contributed by atoms with Gasteiger partial charge in [0.15, 0.2) is 0 Å². The maximum atomic E-state index is 11.1. The fourth-order valence-corrected chi connectivity index (χ4v) is 3.33. The fourth-order valence-electron chi connectivity index (χ4n) is 1.34. The summed E-state index contributed by atoms with van der Waals surface area (Å²) in [4.78, 5) is 18.5. The van der Waals surface area contributed by atoms with E-state index in [2.05, 4.69) is 0 Å². The van der Waals surface area contributed by atoms with Crippen molar-refractivity contribution in [1.82, 2.24) is 0 Å². The predicted octanol–water partition coefficient (Wildman–Crippen LogP) is -1.07. The van der Waals surface area contributed by atoms with Gasteiger partial charge in [0.25, 0.3) is 20.2 Å². The summed E-state index contributed by atoms with van der Waals surface area (Å²) in [6.07, 6.45) is 0. The summed E-state index contributed by atoms with van der Waals surface area (Å²) in [5, 5.41) is 17.5. The van der Waals surface area contributed by atoms with Gasteiger partial charge in [0.2, 0.25) is 0 Å². The Morgan fingerprint density at radius 2 is 1.33 bits per heavy atom. The third-order valence-electron chi connectivity index (χ3n) is 2.07. The Morgan fingerprint density at radius 1 is 0.857 bits per heavy atom. The predicted molar refractivity (Wildman–Crippen MR) is 67.1 cm³/mol. The van der Waals surface area contributed by atoms with Gasteiger partial charge in [-0.2, -0.15) is 16.8 Å². The van der Waals surface area contributed by atoms with E-state index in [1.807, 2.05) is 0 Å². The molecule has 0 spiro atoms. The summed E-state index contributed by atoms with van der Waals surface area (Å²) in [7, 11) is -10.6. The number of hydrogen-bond donors (Lipinski definition) is 4. The zero-order valence-electron chi connectivity index (χ0n) is 9.21. The van der Waals surface area contributed by atoms with Crippen molar-refractivity contribution in [3.63, 3.8) is 0 Å². The van der Waals surface area contributed by atoms with Crippen LogP contribution >= 0.6 is 0 Å². The fraction of sp³-hybridized carbons (Fsp3) is 0. The van der Waals surface area contributed by atoms with Gasteiger partial charge in [0, 0.05) is 0 Å². The van der Waals surface area contributed by atoms with Crippen LogP contribution in [-0.4, -0.2) is 67.0 Å². The molecule has 0 saturated carbocycles. The number of carboxylic acids is 2. The van der Waals surface area contributed by atoms with Gasteiger partial charge in [-0.05, 0) is 12.1 Å². The van der Waals surface area contributed by atoms with Gasteiger partial charge in [0.1, 0.15) is 9.79 Å². The van der Waals surface area contributed by atoms with E-state index in [9.17, 15) is 26.4 Å². The van der Waals surface area contributed by atoms with E-state index in [4.69, 9.17) is 19.3 Å². The van der Waals surface area contributed by atoms with Gasteiger partial charge in [0.05, 0.1) is 11.1 Å². The molecule has 1 rings (SSSR count). The Morgan fingerprint density at radius 3 is 1.62 bits per heavy atom. The second-order valence-electron chi connectivity index (χ2n) is 3.41. The first-order chi connectivity index (χ1) is 8.85. The Kier molecular flexibility index (Phi) is 5.72. The van der Waals surface area contributed by atoms with Gasteiger partial charge < -0.3 is 10.2 Å². The molecule has 0 fully saturated rings. The van der Waals surface area contributed by atoms with Crippen LogP contribution in [0.2, 0.25) is 0 Å².